The maximum absolute atomic E-state index is 11.3. The second-order valence-electron chi connectivity index (χ2n) is 3.57. The molecule has 0 N–H and O–H groups in total. The molecule has 0 amide bonds. The smallest absolute Gasteiger partial charge is 0.443 e. The highest BCUT2D eigenvalue weighted by Crippen LogP contribution is 2.08. The maximum atomic E-state index is 11.3. The van der Waals surface area contributed by atoms with E-state index in [1.54, 1.807) is 24.5 Å². The Morgan fingerprint density at radius 3 is 2.25 bits per heavy atom. The zero-order valence-electron chi connectivity index (χ0n) is 8.57. The van der Waals surface area contributed by atoms with Gasteiger partial charge in [-0.2, -0.15) is 0 Å². The fraction of sp³-hybridized carbons (Fsp3) is 0.444. The fourth-order valence-corrected chi connectivity index (χ4v) is 0.771. The number of nitrogens with zero attached hydrogens (tertiary/aromatic N) is 1. The van der Waals surface area contributed by atoms with Crippen molar-refractivity contribution in [2.75, 3.05) is 0 Å². The Morgan fingerprint density at radius 1 is 1.33 bits per heavy atom. The molecule has 66 valence electrons. The number of hydrogen-bond acceptors (Lipinski definition) is 2. The van der Waals surface area contributed by atoms with Crippen LogP contribution in [0, 0.1) is 0 Å². The zero-order valence-corrected chi connectivity index (χ0v) is 7.57. The molecule has 0 fully saturated rings. The summed E-state index contributed by atoms with van der Waals surface area (Å²) in [6, 6.07) is 3.56. The molecule has 0 saturated carbocycles. The van der Waals surface area contributed by atoms with Crippen LogP contribution in [-0.2, 0) is 4.74 Å². The third kappa shape index (κ3) is 2.42. The Labute approximate surface area is 73.4 Å². The Bertz CT molecular complexity index is 262. The van der Waals surface area contributed by atoms with Crippen molar-refractivity contribution in [1.29, 1.82) is 0 Å². The summed E-state index contributed by atoms with van der Waals surface area (Å²) in [6.07, 6.45) is 2.98. The molecule has 0 aromatic carbocycles. The number of carbonyl (C=O) groups is 1. The highest BCUT2D eigenvalue weighted by Gasteiger charge is 2.16. The van der Waals surface area contributed by atoms with Crippen LogP contribution >= 0.6 is 0 Å². The van der Waals surface area contributed by atoms with Gasteiger partial charge in [-0.25, -0.2) is 4.79 Å². The summed E-state index contributed by atoms with van der Waals surface area (Å²) in [6.45, 7) is 5.52. The van der Waals surface area contributed by atoms with Gasteiger partial charge in [0.15, 0.2) is 0 Å². The molecule has 0 aliphatic carbocycles. The molecule has 0 bridgehead atoms. The van der Waals surface area contributed by atoms with Gasteiger partial charge in [0.25, 0.3) is 0 Å². The minimum Gasteiger partial charge on any atom is -0.443 e. The quantitative estimate of drug-likeness (QED) is 0.595. The van der Waals surface area contributed by atoms with Crippen LogP contribution in [0.4, 0.5) is 4.79 Å². The van der Waals surface area contributed by atoms with Crippen LogP contribution in [0.15, 0.2) is 24.5 Å². The molecule has 3 nitrogen and oxygen atoms in total. The van der Waals surface area contributed by atoms with Gasteiger partial charge in [0, 0.05) is 12.4 Å². The van der Waals surface area contributed by atoms with Crippen LogP contribution in [0.5, 0.6) is 0 Å². The van der Waals surface area contributed by atoms with Crippen LogP contribution in [0.25, 0.3) is 0 Å². The first-order valence-electron chi connectivity index (χ1n) is 3.85. The zero-order chi connectivity index (χ0) is 9.19. The standard InChI is InChI=1S/C9H13NO2/c1-9(2,3)12-8(11)10-6-4-5-7-10/h4-7H,1-3H3/p+1. The molecular formula is C9H14NO2+. The molecule has 3 heteroatoms. The molecule has 0 atom stereocenters. The lowest BCUT2D eigenvalue weighted by Crippen LogP contribution is -2.26. The summed E-state index contributed by atoms with van der Waals surface area (Å²) in [5.41, 5.74) is -0.429. The highest BCUT2D eigenvalue weighted by molar-refractivity contribution is 5.70. The van der Waals surface area contributed by atoms with Crippen molar-refractivity contribution in [1.82, 2.24) is 4.57 Å². The number of carbonyl (C=O) groups excluding carboxylic acids is 1. The van der Waals surface area contributed by atoms with E-state index in [4.69, 9.17) is 4.74 Å². The van der Waals surface area contributed by atoms with E-state index < -0.39 is 5.60 Å². The molecule has 0 unspecified atom stereocenters. The predicted octanol–water partition coefficient (Wildman–Crippen LogP) is 2.38. The van der Waals surface area contributed by atoms with Gasteiger partial charge in [0.1, 0.15) is 5.60 Å². The van der Waals surface area contributed by atoms with Crippen molar-refractivity contribution in [2.24, 2.45) is 0 Å². The van der Waals surface area contributed by atoms with Crippen molar-refractivity contribution >= 4 is 6.09 Å². The molecule has 1 rings (SSSR count). The minimum absolute atomic E-state index is 0. The maximum Gasteiger partial charge on any atom is 1.00 e. The number of hydrogen-bond donors (Lipinski definition) is 0. The first-order valence-corrected chi connectivity index (χ1v) is 3.85. The average molecular weight is 168 g/mol. The van der Waals surface area contributed by atoms with Gasteiger partial charge in [0.2, 0.25) is 0 Å². The molecule has 0 spiro atoms. The lowest BCUT2D eigenvalue weighted by atomic mass is 10.2. The molecule has 1 heterocycles. The lowest BCUT2D eigenvalue weighted by Gasteiger charge is -2.19. The van der Waals surface area contributed by atoms with Gasteiger partial charge < -0.3 is 4.74 Å². The summed E-state index contributed by atoms with van der Waals surface area (Å²) in [5.74, 6) is 0. The van der Waals surface area contributed by atoms with Crippen molar-refractivity contribution in [3.05, 3.63) is 24.5 Å². The van der Waals surface area contributed by atoms with Crippen LogP contribution < -0.4 is 0 Å². The van der Waals surface area contributed by atoms with Gasteiger partial charge in [-0.1, -0.05) is 0 Å². The number of rotatable bonds is 0. The normalized spacial score (nSPS) is 11.2. The molecule has 12 heavy (non-hydrogen) atoms. The van der Waals surface area contributed by atoms with Crippen molar-refractivity contribution in [3.63, 3.8) is 0 Å². The molecule has 0 aliphatic heterocycles. The van der Waals surface area contributed by atoms with E-state index in [1.807, 2.05) is 20.8 Å². The fourth-order valence-electron chi connectivity index (χ4n) is 0.771. The van der Waals surface area contributed by atoms with E-state index in [2.05, 4.69) is 0 Å². The summed E-state index contributed by atoms with van der Waals surface area (Å²) in [7, 11) is 0. The number of aromatic nitrogens is 1. The van der Waals surface area contributed by atoms with Crippen molar-refractivity contribution < 1.29 is 11.0 Å². The Morgan fingerprint density at radius 2 is 1.83 bits per heavy atom. The van der Waals surface area contributed by atoms with E-state index in [9.17, 15) is 4.79 Å². The summed E-state index contributed by atoms with van der Waals surface area (Å²) < 4.78 is 6.51. The second-order valence-corrected chi connectivity index (χ2v) is 3.57. The van der Waals surface area contributed by atoms with Crippen LogP contribution in [0.2, 0.25) is 0 Å². The summed E-state index contributed by atoms with van der Waals surface area (Å²) >= 11 is 0. The van der Waals surface area contributed by atoms with Crippen molar-refractivity contribution in [2.45, 2.75) is 26.4 Å². The minimum atomic E-state index is -0.429. The molecule has 1 aromatic heterocycles. The first-order chi connectivity index (χ1) is 5.49. The van der Waals surface area contributed by atoms with E-state index in [0.29, 0.717) is 0 Å². The van der Waals surface area contributed by atoms with Crippen LogP contribution in [-0.4, -0.2) is 16.3 Å². The van der Waals surface area contributed by atoms with Gasteiger partial charge in [-0.05, 0) is 32.9 Å². The van der Waals surface area contributed by atoms with Crippen molar-refractivity contribution in [3.8, 4) is 0 Å². The largest absolute Gasteiger partial charge is 1.00 e. The summed E-state index contributed by atoms with van der Waals surface area (Å²) in [4.78, 5) is 11.3. The highest BCUT2D eigenvalue weighted by atomic mass is 16.6. The monoisotopic (exact) mass is 168 g/mol. The molecule has 0 radical (unpaired) electrons. The van der Waals surface area contributed by atoms with E-state index in [1.165, 1.54) is 4.57 Å². The lowest BCUT2D eigenvalue weighted by molar-refractivity contribution is 0.0537. The molecule has 0 aliphatic rings. The van der Waals surface area contributed by atoms with E-state index in [0.717, 1.165) is 0 Å². The molecule has 0 saturated heterocycles. The topological polar surface area (TPSA) is 31.2 Å². The Kier molecular flexibility index (Phi) is 2.22. The van der Waals surface area contributed by atoms with Gasteiger partial charge in [0.05, 0.1) is 0 Å². The van der Waals surface area contributed by atoms with Crippen LogP contribution in [0.1, 0.15) is 22.2 Å². The van der Waals surface area contributed by atoms with E-state index >= 15 is 0 Å². The first kappa shape index (κ1) is 8.84. The third-order valence-corrected chi connectivity index (χ3v) is 1.21. The van der Waals surface area contributed by atoms with E-state index in [-0.39, 0.29) is 7.52 Å². The van der Waals surface area contributed by atoms with Gasteiger partial charge in [-0.15, -0.1) is 0 Å². The van der Waals surface area contributed by atoms with Gasteiger partial charge >= 0.3 is 7.52 Å². The Balaban J connectivity index is 0.00000144. The van der Waals surface area contributed by atoms with Gasteiger partial charge in [-0.3, -0.25) is 4.57 Å². The molecular weight excluding hydrogens is 154 g/mol. The number of ether oxygens (including phenoxy) is 1. The predicted molar refractivity (Wildman–Crippen MR) is 47.2 cm³/mol. The summed E-state index contributed by atoms with van der Waals surface area (Å²) in [5, 5.41) is 0. The van der Waals surface area contributed by atoms with Crippen LogP contribution in [0.3, 0.4) is 0 Å². The second kappa shape index (κ2) is 3.01. The molecule has 1 aromatic rings. The Hall–Kier alpha value is -1.25. The third-order valence-electron chi connectivity index (χ3n) is 1.21. The SMILES string of the molecule is CC(C)(C)OC(=O)n1cccc1.[H+]. The average Bonchev–Trinajstić information content (AvgIpc) is 2.32.